The van der Waals surface area contributed by atoms with Gasteiger partial charge in [0.05, 0.1) is 54.8 Å². The normalized spacial score (nSPS) is 17.5. The lowest BCUT2D eigenvalue weighted by atomic mass is 10.1. The van der Waals surface area contributed by atoms with E-state index in [1.54, 1.807) is 61.4 Å². The van der Waals surface area contributed by atoms with Crippen LogP contribution in [0.3, 0.4) is 0 Å². The third-order valence-corrected chi connectivity index (χ3v) is 12.0. The van der Waals surface area contributed by atoms with Crippen molar-refractivity contribution in [2.24, 2.45) is 10.8 Å². The van der Waals surface area contributed by atoms with Crippen molar-refractivity contribution < 1.29 is 38.1 Å². The van der Waals surface area contributed by atoms with Gasteiger partial charge in [-0.3, -0.25) is 34.9 Å². The minimum atomic E-state index is -0.900. The van der Waals surface area contributed by atoms with E-state index < -0.39 is 23.9 Å². The number of hydrogen-bond donors (Lipinski definition) is 5. The Morgan fingerprint density at radius 2 is 1.36 bits per heavy atom. The largest absolute Gasteiger partial charge is 0.493 e. The van der Waals surface area contributed by atoms with Crippen LogP contribution in [0.4, 0.5) is 28.4 Å². The van der Waals surface area contributed by atoms with E-state index in [4.69, 9.17) is 29.8 Å². The molecular formula is C48H48N8O8. The SMILES string of the molecule is COc1cc2c(cc1OCc1cc(COc3cc4c(cc3OC)C(=O)N3c5ccccc5C[C@H]3CN4)cc(NC(=O)[C@H](C)NC(=O)[C@@H](C)NN)c1)N=C[C@@H]1Cc3ccccc3N1C2=O. The van der Waals surface area contributed by atoms with Gasteiger partial charge in [-0.1, -0.05) is 36.4 Å². The van der Waals surface area contributed by atoms with Gasteiger partial charge >= 0.3 is 0 Å². The van der Waals surface area contributed by atoms with Crippen molar-refractivity contribution in [1.82, 2.24) is 10.7 Å². The third kappa shape index (κ3) is 7.93. The second kappa shape index (κ2) is 17.4. The standard InChI is InChI=1S/C48H48N8O8/c1-26(52-46(58)27(2)54-49)45(57)53-32-14-28(24-63-43-20-37-35(18-41(43)61-3)47(59)55-33(22-50-37)16-30-9-5-7-11-39(30)55)13-29(15-32)25-64-44-21-38-36(19-42(44)62-4)48(60)56-34(23-51-38)17-31-10-6-8-12-40(31)56/h5-15,18-22,26-27,33-34,51,54H,16-17,23-25,49H2,1-4H3,(H,52,58)(H,53,57)/t26-,27+,33-,34-/m0/s1. The first-order valence-corrected chi connectivity index (χ1v) is 21.0. The second-order valence-corrected chi connectivity index (χ2v) is 16.2. The first-order chi connectivity index (χ1) is 31.0. The van der Waals surface area contributed by atoms with Crippen LogP contribution in [0.2, 0.25) is 0 Å². The van der Waals surface area contributed by atoms with Gasteiger partial charge in [0.25, 0.3) is 11.8 Å². The summed E-state index contributed by atoms with van der Waals surface area (Å²) in [5.74, 6) is 5.71. The molecule has 0 spiro atoms. The number of hydrazine groups is 1. The Kier molecular flexibility index (Phi) is 11.4. The van der Waals surface area contributed by atoms with E-state index in [0.29, 0.717) is 75.3 Å². The summed E-state index contributed by atoms with van der Waals surface area (Å²) in [6.45, 7) is 3.76. The van der Waals surface area contributed by atoms with Crippen LogP contribution >= 0.6 is 0 Å². The van der Waals surface area contributed by atoms with Gasteiger partial charge in [-0.05, 0) is 85.0 Å². The number of nitrogens with zero attached hydrogens (tertiary/aromatic N) is 3. The number of carbonyl (C=O) groups excluding carboxylic acids is 4. The van der Waals surface area contributed by atoms with Crippen molar-refractivity contribution in [3.63, 3.8) is 0 Å². The Morgan fingerprint density at radius 1 is 0.750 bits per heavy atom. The first-order valence-electron chi connectivity index (χ1n) is 21.0. The zero-order chi connectivity index (χ0) is 44.6. The fourth-order valence-electron chi connectivity index (χ4n) is 8.65. The van der Waals surface area contributed by atoms with Crippen molar-refractivity contribution in [3.8, 4) is 23.0 Å². The van der Waals surface area contributed by atoms with E-state index in [1.807, 2.05) is 53.4 Å². The Morgan fingerprint density at radius 3 is 2.03 bits per heavy atom. The summed E-state index contributed by atoms with van der Waals surface area (Å²) in [6, 6.07) is 26.1. The van der Waals surface area contributed by atoms with E-state index in [9.17, 15) is 19.2 Å². The van der Waals surface area contributed by atoms with Gasteiger partial charge in [-0.15, -0.1) is 0 Å². The molecule has 5 aromatic carbocycles. The van der Waals surface area contributed by atoms with Gasteiger partial charge < -0.3 is 39.8 Å². The van der Waals surface area contributed by atoms with E-state index in [0.717, 1.165) is 28.9 Å². The Hall–Kier alpha value is -7.43. The van der Waals surface area contributed by atoms with E-state index >= 15 is 0 Å². The summed E-state index contributed by atoms with van der Waals surface area (Å²) >= 11 is 0. The summed E-state index contributed by atoms with van der Waals surface area (Å²) in [7, 11) is 3.03. The lowest BCUT2D eigenvalue weighted by Crippen LogP contribution is -2.50. The number of amides is 4. The molecule has 0 aromatic heterocycles. The molecule has 0 radical (unpaired) electrons. The number of carbonyl (C=O) groups is 4. The molecule has 0 saturated carbocycles. The van der Waals surface area contributed by atoms with Gasteiger partial charge in [0.2, 0.25) is 11.8 Å². The number of para-hydroxylation sites is 2. The first kappa shape index (κ1) is 41.9. The van der Waals surface area contributed by atoms with Crippen LogP contribution in [0.1, 0.15) is 56.8 Å². The number of aliphatic imine (C=N–C) groups is 1. The molecule has 5 aromatic rings. The molecular weight excluding hydrogens is 817 g/mol. The number of ether oxygens (including phenoxy) is 4. The number of benzene rings is 5. The van der Waals surface area contributed by atoms with Crippen LogP contribution in [-0.2, 0) is 35.6 Å². The number of methoxy groups -OCH3 is 2. The highest BCUT2D eigenvalue weighted by Crippen LogP contribution is 2.43. The van der Waals surface area contributed by atoms with Crippen LogP contribution in [0.25, 0.3) is 0 Å². The van der Waals surface area contributed by atoms with E-state index in [2.05, 4.69) is 27.4 Å². The quantitative estimate of drug-likeness (QED) is 0.0747. The zero-order valence-electron chi connectivity index (χ0n) is 35.8. The molecule has 0 fully saturated rings. The molecule has 4 heterocycles. The molecule has 4 amide bonds. The number of rotatable bonds is 13. The molecule has 328 valence electrons. The van der Waals surface area contributed by atoms with Crippen molar-refractivity contribution in [2.75, 3.05) is 41.2 Å². The molecule has 9 rings (SSSR count). The molecule has 0 aliphatic carbocycles. The van der Waals surface area contributed by atoms with Gasteiger partial charge in [0, 0.05) is 48.4 Å². The summed E-state index contributed by atoms with van der Waals surface area (Å²) in [5.41, 5.74) is 10.0. The number of fused-ring (bicyclic) bond motifs is 8. The van der Waals surface area contributed by atoms with E-state index in [-0.39, 0.29) is 37.1 Å². The molecule has 4 atom stereocenters. The highest BCUT2D eigenvalue weighted by atomic mass is 16.5. The lowest BCUT2D eigenvalue weighted by molar-refractivity contribution is -0.127. The summed E-state index contributed by atoms with van der Waals surface area (Å²) in [4.78, 5) is 62.3. The van der Waals surface area contributed by atoms with Gasteiger partial charge in [-0.25, -0.2) is 5.43 Å². The molecule has 4 aliphatic rings. The Balaban J connectivity index is 0.976. The highest BCUT2D eigenvalue weighted by Gasteiger charge is 2.39. The number of hydrogen-bond acceptors (Lipinski definition) is 12. The van der Waals surface area contributed by atoms with Gasteiger partial charge in [0.1, 0.15) is 19.3 Å². The van der Waals surface area contributed by atoms with Crippen LogP contribution in [0.5, 0.6) is 23.0 Å². The molecule has 16 nitrogen and oxygen atoms in total. The second-order valence-electron chi connectivity index (χ2n) is 16.2. The monoisotopic (exact) mass is 864 g/mol. The molecule has 0 saturated heterocycles. The van der Waals surface area contributed by atoms with Gasteiger partial charge in [0.15, 0.2) is 23.0 Å². The van der Waals surface area contributed by atoms with Crippen molar-refractivity contribution in [3.05, 3.63) is 124 Å². The summed E-state index contributed by atoms with van der Waals surface area (Å²) in [6.07, 6.45) is 3.21. The lowest BCUT2D eigenvalue weighted by Gasteiger charge is -2.22. The topological polar surface area (TPSA) is 198 Å². The van der Waals surface area contributed by atoms with Crippen molar-refractivity contribution in [1.29, 1.82) is 0 Å². The van der Waals surface area contributed by atoms with Crippen LogP contribution in [0.15, 0.2) is 96.0 Å². The maximum Gasteiger partial charge on any atom is 0.261 e. The average molecular weight is 865 g/mol. The van der Waals surface area contributed by atoms with Gasteiger partial charge in [-0.2, -0.15) is 0 Å². The Labute approximate surface area is 369 Å². The molecule has 6 N–H and O–H groups in total. The fraction of sp³-hybridized carbons (Fsp3) is 0.271. The zero-order valence-corrected chi connectivity index (χ0v) is 35.8. The van der Waals surface area contributed by atoms with Crippen molar-refractivity contribution in [2.45, 2.75) is 64.1 Å². The highest BCUT2D eigenvalue weighted by molar-refractivity contribution is 6.15. The smallest absolute Gasteiger partial charge is 0.261 e. The van der Waals surface area contributed by atoms with Crippen LogP contribution in [0, 0.1) is 0 Å². The average Bonchev–Trinajstić information content (AvgIpc) is 3.80. The number of nitrogens with one attached hydrogen (secondary N) is 4. The summed E-state index contributed by atoms with van der Waals surface area (Å²) in [5, 5.41) is 9.03. The molecule has 16 heteroatoms. The van der Waals surface area contributed by atoms with Crippen molar-refractivity contribution >= 4 is 58.3 Å². The number of nitrogens with two attached hydrogens (primary N) is 1. The van der Waals surface area contributed by atoms with Crippen LogP contribution in [-0.4, -0.2) is 74.8 Å². The minimum Gasteiger partial charge on any atom is -0.493 e. The molecule has 0 bridgehead atoms. The third-order valence-electron chi connectivity index (χ3n) is 12.0. The van der Waals surface area contributed by atoms with Crippen LogP contribution < -0.4 is 56.0 Å². The Bertz CT molecular complexity index is 2720. The predicted octanol–water partition coefficient (Wildman–Crippen LogP) is 5.44. The van der Waals surface area contributed by atoms with E-state index in [1.165, 1.54) is 14.2 Å². The molecule has 4 aliphatic heterocycles. The maximum atomic E-state index is 14.0. The molecule has 0 unspecified atom stereocenters. The number of anilines is 4. The predicted molar refractivity (Wildman–Crippen MR) is 242 cm³/mol. The fourth-order valence-corrected chi connectivity index (χ4v) is 8.65. The summed E-state index contributed by atoms with van der Waals surface area (Å²) < 4.78 is 24.3. The minimum absolute atomic E-state index is 0.0204. The molecule has 64 heavy (non-hydrogen) atoms. The maximum absolute atomic E-state index is 14.0.